The van der Waals surface area contributed by atoms with Gasteiger partial charge in [0.25, 0.3) is 0 Å². The van der Waals surface area contributed by atoms with Gasteiger partial charge >= 0.3 is 6.18 Å². The number of fused-ring (bicyclic) bond motifs is 1. The SMILES string of the molecule is C=C(CCc1nc(N2CCO[C@H](c3cnn(C)c3)C2)nc2nc(C)c(C)nc12)C(F)(F)F. The second-order valence-electron chi connectivity index (χ2n) is 7.89. The van der Waals surface area contributed by atoms with Crippen LogP contribution in [0.5, 0.6) is 0 Å². The van der Waals surface area contributed by atoms with Gasteiger partial charge in [-0.1, -0.05) is 6.58 Å². The van der Waals surface area contributed by atoms with Crippen LogP contribution in [-0.2, 0) is 18.2 Å². The van der Waals surface area contributed by atoms with Crippen LogP contribution in [0, 0.1) is 13.8 Å². The van der Waals surface area contributed by atoms with Gasteiger partial charge in [0.05, 0.1) is 36.4 Å². The molecule has 0 unspecified atom stereocenters. The summed E-state index contributed by atoms with van der Waals surface area (Å²) in [7, 11) is 1.83. The molecule has 1 aliphatic rings. The van der Waals surface area contributed by atoms with Crippen LogP contribution < -0.4 is 4.90 Å². The Kier molecular flexibility index (Phi) is 5.85. The second-order valence-corrected chi connectivity index (χ2v) is 7.89. The molecule has 1 fully saturated rings. The summed E-state index contributed by atoms with van der Waals surface area (Å²) in [6.45, 7) is 8.29. The number of nitrogens with zero attached hydrogens (tertiary/aromatic N) is 7. The lowest BCUT2D eigenvalue weighted by Crippen LogP contribution is -2.39. The number of alkyl halides is 3. The number of hydrogen-bond donors (Lipinski definition) is 0. The van der Waals surface area contributed by atoms with Crippen molar-refractivity contribution in [3.8, 4) is 0 Å². The second kappa shape index (κ2) is 8.45. The number of halogens is 3. The first kappa shape index (κ1) is 22.1. The van der Waals surface area contributed by atoms with E-state index in [9.17, 15) is 13.2 Å². The van der Waals surface area contributed by atoms with Gasteiger partial charge in [0, 0.05) is 30.9 Å². The average Bonchev–Trinajstić information content (AvgIpc) is 3.18. The third-order valence-electron chi connectivity index (χ3n) is 5.51. The molecule has 0 N–H and O–H groups in total. The summed E-state index contributed by atoms with van der Waals surface area (Å²) in [5.41, 5.74) is 2.75. The number of ether oxygens (including phenoxy) is 1. The molecule has 4 heterocycles. The predicted molar refractivity (Wildman–Crippen MR) is 112 cm³/mol. The number of anilines is 1. The topological polar surface area (TPSA) is 81.9 Å². The van der Waals surface area contributed by atoms with Crippen molar-refractivity contribution in [3.05, 3.63) is 47.2 Å². The monoisotopic (exact) mass is 447 g/mol. The van der Waals surface area contributed by atoms with Gasteiger partial charge in [0.15, 0.2) is 5.65 Å². The molecule has 0 aromatic carbocycles. The molecule has 0 saturated carbocycles. The lowest BCUT2D eigenvalue weighted by Gasteiger charge is -2.32. The van der Waals surface area contributed by atoms with Crippen LogP contribution in [0.1, 0.15) is 35.2 Å². The lowest BCUT2D eigenvalue weighted by atomic mass is 10.1. The van der Waals surface area contributed by atoms with Crippen LogP contribution in [0.15, 0.2) is 24.5 Å². The highest BCUT2D eigenvalue weighted by molar-refractivity contribution is 5.74. The molecule has 0 amide bonds. The van der Waals surface area contributed by atoms with Gasteiger partial charge in [0.1, 0.15) is 11.6 Å². The number of morpholine rings is 1. The van der Waals surface area contributed by atoms with E-state index in [0.29, 0.717) is 53.9 Å². The molecule has 0 bridgehead atoms. The third-order valence-corrected chi connectivity index (χ3v) is 5.51. The molecule has 1 atom stereocenters. The zero-order valence-electron chi connectivity index (χ0n) is 18.1. The summed E-state index contributed by atoms with van der Waals surface area (Å²) in [4.78, 5) is 20.2. The van der Waals surface area contributed by atoms with Crippen molar-refractivity contribution >= 4 is 17.1 Å². The number of aryl methyl sites for hydroxylation is 4. The van der Waals surface area contributed by atoms with E-state index in [1.165, 1.54) is 0 Å². The van der Waals surface area contributed by atoms with E-state index in [-0.39, 0.29) is 18.9 Å². The van der Waals surface area contributed by atoms with Crippen LogP contribution >= 0.6 is 0 Å². The molecule has 0 radical (unpaired) electrons. The van der Waals surface area contributed by atoms with Crippen molar-refractivity contribution in [2.75, 3.05) is 24.6 Å². The molecular formula is C21H24F3N7O. The molecule has 3 aromatic rings. The van der Waals surface area contributed by atoms with Crippen molar-refractivity contribution in [3.63, 3.8) is 0 Å². The van der Waals surface area contributed by atoms with Crippen LogP contribution in [0.4, 0.5) is 19.1 Å². The Balaban J connectivity index is 1.68. The first-order valence-corrected chi connectivity index (χ1v) is 10.2. The summed E-state index contributed by atoms with van der Waals surface area (Å²) < 4.78 is 46.5. The maximum absolute atomic E-state index is 13.0. The van der Waals surface area contributed by atoms with Crippen molar-refractivity contribution in [1.29, 1.82) is 0 Å². The maximum Gasteiger partial charge on any atom is 0.412 e. The highest BCUT2D eigenvalue weighted by Gasteiger charge is 2.32. The molecule has 170 valence electrons. The minimum atomic E-state index is -4.44. The Hall–Kier alpha value is -3.08. The van der Waals surface area contributed by atoms with Crippen molar-refractivity contribution in [1.82, 2.24) is 29.7 Å². The Morgan fingerprint density at radius 3 is 2.62 bits per heavy atom. The summed E-state index contributed by atoms with van der Waals surface area (Å²) in [5, 5.41) is 4.19. The molecule has 11 heteroatoms. The molecule has 0 spiro atoms. The van der Waals surface area contributed by atoms with Crippen molar-refractivity contribution < 1.29 is 17.9 Å². The Morgan fingerprint density at radius 2 is 1.94 bits per heavy atom. The molecule has 1 saturated heterocycles. The van der Waals surface area contributed by atoms with Crippen LogP contribution in [0.25, 0.3) is 11.2 Å². The summed E-state index contributed by atoms with van der Waals surface area (Å²) in [6, 6.07) is 0. The van der Waals surface area contributed by atoms with E-state index in [4.69, 9.17) is 4.74 Å². The molecule has 0 aliphatic carbocycles. The van der Waals surface area contributed by atoms with Crippen molar-refractivity contribution in [2.45, 2.75) is 39.0 Å². The molecule has 1 aliphatic heterocycles. The lowest BCUT2D eigenvalue weighted by molar-refractivity contribution is -0.0935. The summed E-state index contributed by atoms with van der Waals surface area (Å²) >= 11 is 0. The molecule has 3 aromatic heterocycles. The third kappa shape index (κ3) is 4.57. The zero-order chi connectivity index (χ0) is 23.0. The molecule has 32 heavy (non-hydrogen) atoms. The van der Waals surface area contributed by atoms with Gasteiger partial charge in [-0.15, -0.1) is 0 Å². The molecule has 8 nitrogen and oxygen atoms in total. The van der Waals surface area contributed by atoms with Crippen LogP contribution in [0.3, 0.4) is 0 Å². The van der Waals surface area contributed by atoms with E-state index in [0.717, 1.165) is 5.56 Å². The first-order valence-electron chi connectivity index (χ1n) is 10.2. The van der Waals surface area contributed by atoms with Gasteiger partial charge < -0.3 is 9.64 Å². The fraction of sp³-hybridized carbons (Fsp3) is 0.476. The maximum atomic E-state index is 13.0. The first-order chi connectivity index (χ1) is 15.1. The van der Waals surface area contributed by atoms with Gasteiger partial charge in [-0.3, -0.25) is 4.68 Å². The standard InChI is InChI=1S/C21H24F3N7O/c1-12(21(22,23)24)5-6-16-18-19(27-14(3)13(2)26-18)29-20(28-16)31-7-8-32-17(11-31)15-9-25-30(4)10-15/h9-10,17H,1,5-8,11H2,2-4H3/t17-/m0/s1. The minimum Gasteiger partial charge on any atom is -0.370 e. The van der Waals surface area contributed by atoms with Gasteiger partial charge in [-0.05, 0) is 26.7 Å². The smallest absolute Gasteiger partial charge is 0.370 e. The van der Waals surface area contributed by atoms with E-state index in [2.05, 4.69) is 31.6 Å². The van der Waals surface area contributed by atoms with Gasteiger partial charge in [-0.2, -0.15) is 23.3 Å². The molecular weight excluding hydrogens is 423 g/mol. The quantitative estimate of drug-likeness (QED) is 0.555. The summed E-state index contributed by atoms with van der Waals surface area (Å²) in [6.07, 6.45) is -1.24. The fourth-order valence-electron chi connectivity index (χ4n) is 3.52. The van der Waals surface area contributed by atoms with Crippen LogP contribution in [0.2, 0.25) is 0 Å². The van der Waals surface area contributed by atoms with Crippen molar-refractivity contribution in [2.24, 2.45) is 7.05 Å². The average molecular weight is 447 g/mol. The fourth-order valence-corrected chi connectivity index (χ4v) is 3.52. The highest BCUT2D eigenvalue weighted by Crippen LogP contribution is 2.30. The normalized spacial score (nSPS) is 17.2. The van der Waals surface area contributed by atoms with E-state index in [1.54, 1.807) is 17.8 Å². The number of allylic oxidation sites excluding steroid dienone is 1. The van der Waals surface area contributed by atoms with E-state index < -0.39 is 11.7 Å². The summed E-state index contributed by atoms with van der Waals surface area (Å²) in [5.74, 6) is 0.403. The Labute approximate surface area is 183 Å². The van der Waals surface area contributed by atoms with Gasteiger partial charge in [0.2, 0.25) is 5.95 Å². The van der Waals surface area contributed by atoms with Gasteiger partial charge in [-0.25, -0.2) is 15.0 Å². The zero-order valence-corrected chi connectivity index (χ0v) is 18.1. The van der Waals surface area contributed by atoms with Crippen LogP contribution in [-0.4, -0.2) is 55.6 Å². The van der Waals surface area contributed by atoms with E-state index in [1.807, 2.05) is 25.1 Å². The number of hydrogen-bond acceptors (Lipinski definition) is 7. The highest BCUT2D eigenvalue weighted by atomic mass is 19.4. The Bertz CT molecular complexity index is 1160. The largest absolute Gasteiger partial charge is 0.412 e. The number of rotatable bonds is 5. The number of aromatic nitrogens is 6. The Morgan fingerprint density at radius 1 is 1.19 bits per heavy atom. The minimum absolute atomic E-state index is 0.0396. The van der Waals surface area contributed by atoms with E-state index >= 15 is 0 Å². The predicted octanol–water partition coefficient (Wildman–Crippen LogP) is 3.40. The molecule has 4 rings (SSSR count).